The number of hydrogen-bond donors (Lipinski definition) is 1. The van der Waals surface area contributed by atoms with Crippen LogP contribution in [0.5, 0.6) is 0 Å². The lowest BCUT2D eigenvalue weighted by Gasteiger charge is -2.14. The lowest BCUT2D eigenvalue weighted by atomic mass is 10.1. The number of nitrogens with zero attached hydrogens (tertiary/aromatic N) is 2. The van der Waals surface area contributed by atoms with Crippen molar-refractivity contribution in [3.63, 3.8) is 0 Å². The summed E-state index contributed by atoms with van der Waals surface area (Å²) in [5.41, 5.74) is 4.12. The van der Waals surface area contributed by atoms with Gasteiger partial charge in [-0.05, 0) is 57.9 Å². The van der Waals surface area contributed by atoms with Gasteiger partial charge in [0.2, 0.25) is 0 Å². The number of aryl methyl sites for hydroxylation is 4. The van der Waals surface area contributed by atoms with Crippen molar-refractivity contribution in [2.75, 3.05) is 4.72 Å². The molecule has 0 radical (unpaired) electrons. The van der Waals surface area contributed by atoms with Crippen LogP contribution in [0.3, 0.4) is 0 Å². The molecule has 0 aliphatic carbocycles. The minimum Gasteiger partial charge on any atom is -0.276 e. The number of halogens is 2. The van der Waals surface area contributed by atoms with Crippen LogP contribution in [0.25, 0.3) is 0 Å². The number of nitrogens with one attached hydrogen (secondary N) is 1. The number of rotatable bonds is 5. The van der Waals surface area contributed by atoms with E-state index in [-0.39, 0.29) is 11.4 Å². The number of hydrogen-bond acceptors (Lipinski definition) is 3. The van der Waals surface area contributed by atoms with Crippen molar-refractivity contribution >= 4 is 27.3 Å². The van der Waals surface area contributed by atoms with Crippen molar-refractivity contribution in [1.29, 1.82) is 0 Å². The van der Waals surface area contributed by atoms with E-state index in [2.05, 4.69) is 9.82 Å². The predicted molar refractivity (Wildman–Crippen MR) is 114 cm³/mol. The van der Waals surface area contributed by atoms with Crippen LogP contribution >= 0.6 is 11.6 Å². The summed E-state index contributed by atoms with van der Waals surface area (Å²) in [5, 5.41) is 4.69. The molecular formula is C21H23ClFN3O2S. The lowest BCUT2D eigenvalue weighted by Crippen LogP contribution is -2.17. The molecule has 8 heteroatoms. The van der Waals surface area contributed by atoms with Gasteiger partial charge in [-0.3, -0.25) is 9.40 Å². The second-order valence-electron chi connectivity index (χ2n) is 7.24. The lowest BCUT2D eigenvalue weighted by molar-refractivity contribution is 0.579. The Bertz CT molecular complexity index is 1160. The second-order valence-corrected chi connectivity index (χ2v) is 9.26. The zero-order valence-corrected chi connectivity index (χ0v) is 18.5. The summed E-state index contributed by atoms with van der Waals surface area (Å²) in [4.78, 5) is 0.256. The van der Waals surface area contributed by atoms with Gasteiger partial charge in [0.05, 0.1) is 28.5 Å². The molecule has 154 valence electrons. The number of anilines is 1. The molecule has 2 aromatic carbocycles. The molecular weight excluding hydrogens is 413 g/mol. The Labute approximate surface area is 175 Å². The molecule has 0 aliphatic rings. The molecule has 3 aromatic rings. The third-order valence-electron chi connectivity index (χ3n) is 4.86. The fourth-order valence-corrected chi connectivity index (χ4v) is 5.46. The van der Waals surface area contributed by atoms with Crippen molar-refractivity contribution in [1.82, 2.24) is 9.78 Å². The van der Waals surface area contributed by atoms with E-state index in [4.69, 9.17) is 11.6 Å². The van der Waals surface area contributed by atoms with Gasteiger partial charge >= 0.3 is 0 Å². The summed E-state index contributed by atoms with van der Waals surface area (Å²) >= 11 is 6.12. The summed E-state index contributed by atoms with van der Waals surface area (Å²) < 4.78 is 44.6. The van der Waals surface area contributed by atoms with E-state index >= 15 is 0 Å². The highest BCUT2D eigenvalue weighted by Crippen LogP contribution is 2.29. The summed E-state index contributed by atoms with van der Waals surface area (Å²) in [6.45, 7) is 9.02. The van der Waals surface area contributed by atoms with E-state index < -0.39 is 15.8 Å². The molecule has 0 spiro atoms. The maximum absolute atomic E-state index is 14.2. The normalized spacial score (nSPS) is 11.7. The van der Waals surface area contributed by atoms with Crippen molar-refractivity contribution in [2.24, 2.45) is 0 Å². The van der Waals surface area contributed by atoms with E-state index in [0.29, 0.717) is 38.8 Å². The number of sulfonamides is 1. The van der Waals surface area contributed by atoms with Crippen LogP contribution in [0.2, 0.25) is 5.02 Å². The van der Waals surface area contributed by atoms with Crippen LogP contribution in [0.4, 0.5) is 10.1 Å². The van der Waals surface area contributed by atoms with Crippen LogP contribution in [-0.2, 0) is 16.6 Å². The average molecular weight is 436 g/mol. The van der Waals surface area contributed by atoms with Crippen LogP contribution in [0.1, 0.15) is 33.6 Å². The Morgan fingerprint density at radius 2 is 1.72 bits per heavy atom. The highest BCUT2D eigenvalue weighted by molar-refractivity contribution is 7.92. The van der Waals surface area contributed by atoms with Gasteiger partial charge in [0.1, 0.15) is 5.82 Å². The molecule has 0 aliphatic heterocycles. The molecule has 0 saturated carbocycles. The third-order valence-corrected chi connectivity index (χ3v) is 6.87. The quantitative estimate of drug-likeness (QED) is 0.608. The molecule has 3 rings (SSSR count). The first-order chi connectivity index (χ1) is 13.5. The molecule has 0 atom stereocenters. The fourth-order valence-electron chi connectivity index (χ4n) is 3.61. The van der Waals surface area contributed by atoms with Crippen molar-refractivity contribution in [3.8, 4) is 0 Å². The van der Waals surface area contributed by atoms with Crippen molar-refractivity contribution in [3.05, 3.63) is 74.8 Å². The minimum atomic E-state index is -3.82. The Balaban J connectivity index is 1.99. The van der Waals surface area contributed by atoms with Gasteiger partial charge in [-0.15, -0.1) is 0 Å². The predicted octanol–water partition coefficient (Wildman–Crippen LogP) is 5.07. The van der Waals surface area contributed by atoms with Crippen LogP contribution < -0.4 is 4.72 Å². The minimum absolute atomic E-state index is 0.0997. The molecule has 5 nitrogen and oxygen atoms in total. The van der Waals surface area contributed by atoms with Crippen LogP contribution in [0.15, 0.2) is 35.2 Å². The number of benzene rings is 2. The molecule has 0 saturated heterocycles. The summed E-state index contributed by atoms with van der Waals surface area (Å²) in [6, 6.07) is 8.15. The second kappa shape index (κ2) is 7.80. The molecule has 0 amide bonds. The summed E-state index contributed by atoms with van der Waals surface area (Å²) in [6.07, 6.45) is 0. The molecule has 0 unspecified atom stereocenters. The molecule has 1 N–H and O–H groups in total. The SMILES string of the molecule is Cc1cc(C)c(S(=O)(=O)Nc2c(C)nn(Cc3c(F)cccc3Cl)c2C)c(C)c1. The Morgan fingerprint density at radius 1 is 1.10 bits per heavy atom. The summed E-state index contributed by atoms with van der Waals surface area (Å²) in [5.74, 6) is -0.432. The van der Waals surface area contributed by atoms with Crippen molar-refractivity contribution < 1.29 is 12.8 Å². The molecule has 1 heterocycles. The maximum Gasteiger partial charge on any atom is 0.262 e. The van der Waals surface area contributed by atoms with Gasteiger partial charge in [0, 0.05) is 10.6 Å². The fraction of sp³-hybridized carbons (Fsp3) is 0.286. The summed E-state index contributed by atoms with van der Waals surface area (Å²) in [7, 11) is -3.82. The van der Waals surface area contributed by atoms with Crippen molar-refractivity contribution in [2.45, 2.75) is 46.1 Å². The molecule has 1 aromatic heterocycles. The zero-order valence-electron chi connectivity index (χ0n) is 17.0. The van der Waals surface area contributed by atoms with Gasteiger partial charge in [0.15, 0.2) is 0 Å². The monoisotopic (exact) mass is 435 g/mol. The topological polar surface area (TPSA) is 64.0 Å². The maximum atomic E-state index is 14.2. The Morgan fingerprint density at radius 3 is 2.31 bits per heavy atom. The first kappa shape index (κ1) is 21.3. The van der Waals surface area contributed by atoms with E-state index in [0.717, 1.165) is 5.56 Å². The van der Waals surface area contributed by atoms with Crippen LogP contribution in [-0.4, -0.2) is 18.2 Å². The first-order valence-corrected chi connectivity index (χ1v) is 10.9. The smallest absolute Gasteiger partial charge is 0.262 e. The number of aromatic nitrogens is 2. The highest BCUT2D eigenvalue weighted by atomic mass is 35.5. The molecule has 0 fully saturated rings. The van der Waals surface area contributed by atoms with Crippen LogP contribution in [0, 0.1) is 40.4 Å². The third kappa shape index (κ3) is 4.16. The van der Waals surface area contributed by atoms with Gasteiger partial charge in [-0.1, -0.05) is 35.4 Å². The van der Waals surface area contributed by atoms with E-state index in [1.807, 2.05) is 19.1 Å². The van der Waals surface area contributed by atoms with Gasteiger partial charge in [0.25, 0.3) is 10.0 Å². The van der Waals surface area contributed by atoms with Gasteiger partial charge < -0.3 is 0 Å². The van der Waals surface area contributed by atoms with E-state index in [1.54, 1.807) is 38.4 Å². The average Bonchev–Trinajstić information content (AvgIpc) is 2.84. The molecule has 0 bridgehead atoms. The van der Waals surface area contributed by atoms with E-state index in [9.17, 15) is 12.8 Å². The Hall–Kier alpha value is -2.38. The van der Waals surface area contributed by atoms with Gasteiger partial charge in [-0.2, -0.15) is 5.10 Å². The van der Waals surface area contributed by atoms with E-state index in [1.165, 1.54) is 12.1 Å². The largest absolute Gasteiger partial charge is 0.276 e. The molecule has 29 heavy (non-hydrogen) atoms. The zero-order chi connectivity index (χ0) is 21.5. The standard InChI is InChI=1S/C21H23ClFN3O2S/c1-12-9-13(2)21(14(3)10-12)29(27,28)25-20-15(4)24-26(16(20)5)11-17-18(22)7-6-8-19(17)23/h6-10,25H,11H2,1-5H3. The Kier molecular flexibility index (Phi) is 5.74. The first-order valence-electron chi connectivity index (χ1n) is 9.09. The van der Waals surface area contributed by atoms with Gasteiger partial charge in [-0.25, -0.2) is 12.8 Å². The highest BCUT2D eigenvalue weighted by Gasteiger charge is 2.24.